The van der Waals surface area contributed by atoms with Crippen molar-refractivity contribution in [1.82, 2.24) is 0 Å². The topological polar surface area (TPSA) is 63.2 Å². The number of nitrogens with one attached hydrogen (secondary N) is 1. The van der Waals surface area contributed by atoms with Crippen LogP contribution in [0.4, 0.5) is 18.9 Å². The maximum Gasteiger partial charge on any atom is 0.471 e. The summed E-state index contributed by atoms with van der Waals surface area (Å²) >= 11 is 5.52. The first kappa shape index (κ1) is 15.1. The fraction of sp³-hybridized carbons (Fsp3) is 0.125. The van der Waals surface area contributed by atoms with Crippen molar-refractivity contribution in [2.24, 2.45) is 0 Å². The standard InChI is InChI=1S/C8H4Cl2F3NO3S/c9-5-2-1-4(18(10,16)17)3-6(5)14-7(15)8(11,12)13/h1-3H,(H,14,15). The molecule has 0 saturated carbocycles. The Morgan fingerprint density at radius 3 is 2.28 bits per heavy atom. The molecule has 0 heterocycles. The van der Waals surface area contributed by atoms with Crippen molar-refractivity contribution in [3.05, 3.63) is 23.2 Å². The lowest BCUT2D eigenvalue weighted by Crippen LogP contribution is -2.30. The molecule has 0 aliphatic heterocycles. The lowest BCUT2D eigenvalue weighted by molar-refractivity contribution is -0.167. The van der Waals surface area contributed by atoms with Crippen LogP contribution in [0, 0.1) is 0 Å². The minimum absolute atomic E-state index is 0.253. The Morgan fingerprint density at radius 1 is 1.28 bits per heavy atom. The molecule has 18 heavy (non-hydrogen) atoms. The molecule has 0 aliphatic rings. The monoisotopic (exact) mass is 321 g/mol. The van der Waals surface area contributed by atoms with Crippen molar-refractivity contribution in [2.75, 3.05) is 5.32 Å². The van der Waals surface area contributed by atoms with Crippen molar-refractivity contribution in [3.8, 4) is 0 Å². The molecule has 0 bridgehead atoms. The highest BCUT2D eigenvalue weighted by Crippen LogP contribution is 2.28. The van der Waals surface area contributed by atoms with Gasteiger partial charge in [-0.3, -0.25) is 4.79 Å². The van der Waals surface area contributed by atoms with Crippen molar-refractivity contribution in [2.45, 2.75) is 11.1 Å². The zero-order valence-corrected chi connectivity index (χ0v) is 10.6. The number of rotatable bonds is 2. The Bertz CT molecular complexity index is 586. The van der Waals surface area contributed by atoms with Crippen LogP contribution >= 0.6 is 22.3 Å². The van der Waals surface area contributed by atoms with Gasteiger partial charge in [0.1, 0.15) is 0 Å². The van der Waals surface area contributed by atoms with Gasteiger partial charge >= 0.3 is 12.1 Å². The van der Waals surface area contributed by atoms with Crippen LogP contribution in [0.3, 0.4) is 0 Å². The second-order valence-corrected chi connectivity index (χ2v) is 6.00. The van der Waals surface area contributed by atoms with Gasteiger partial charge in [-0.2, -0.15) is 13.2 Å². The Kier molecular flexibility index (Phi) is 4.14. The molecule has 0 spiro atoms. The molecule has 0 fully saturated rings. The van der Waals surface area contributed by atoms with Gasteiger partial charge in [0.2, 0.25) is 0 Å². The summed E-state index contributed by atoms with van der Waals surface area (Å²) in [6.45, 7) is 0. The van der Waals surface area contributed by atoms with Crippen molar-refractivity contribution >= 4 is 42.9 Å². The summed E-state index contributed by atoms with van der Waals surface area (Å²) in [6.07, 6.45) is -5.11. The largest absolute Gasteiger partial charge is 0.471 e. The van der Waals surface area contributed by atoms with Crippen LogP contribution in [0.25, 0.3) is 0 Å². The fourth-order valence-electron chi connectivity index (χ4n) is 0.945. The molecule has 0 unspecified atom stereocenters. The van der Waals surface area contributed by atoms with E-state index in [0.717, 1.165) is 18.2 Å². The third kappa shape index (κ3) is 3.76. The highest BCUT2D eigenvalue weighted by molar-refractivity contribution is 8.13. The molecule has 4 nitrogen and oxygen atoms in total. The molecule has 100 valence electrons. The molecule has 0 saturated heterocycles. The maximum absolute atomic E-state index is 12.0. The second-order valence-electron chi connectivity index (χ2n) is 3.03. The van der Waals surface area contributed by atoms with Crippen molar-refractivity contribution < 1.29 is 26.4 Å². The van der Waals surface area contributed by atoms with Crippen LogP contribution in [-0.4, -0.2) is 20.5 Å². The predicted molar refractivity (Wildman–Crippen MR) is 59.2 cm³/mol. The molecule has 1 rings (SSSR count). The van der Waals surface area contributed by atoms with Crippen LogP contribution in [-0.2, 0) is 13.8 Å². The zero-order chi connectivity index (χ0) is 14.1. The van der Waals surface area contributed by atoms with Gasteiger partial charge in [-0.1, -0.05) is 11.6 Å². The molecule has 1 amide bonds. The average Bonchev–Trinajstić information content (AvgIpc) is 2.18. The summed E-state index contributed by atoms with van der Waals surface area (Å²) in [5.74, 6) is -2.27. The van der Waals surface area contributed by atoms with E-state index in [2.05, 4.69) is 0 Å². The lowest BCUT2D eigenvalue weighted by Gasteiger charge is -2.10. The zero-order valence-electron chi connectivity index (χ0n) is 8.25. The molecule has 10 heteroatoms. The summed E-state index contributed by atoms with van der Waals surface area (Å²) in [6, 6.07) is 2.73. The van der Waals surface area contributed by atoms with E-state index in [-0.39, 0.29) is 5.02 Å². The van der Waals surface area contributed by atoms with Crippen molar-refractivity contribution in [3.63, 3.8) is 0 Å². The highest BCUT2D eigenvalue weighted by atomic mass is 35.7. The Labute approximate surface area is 109 Å². The fourth-order valence-corrected chi connectivity index (χ4v) is 1.89. The average molecular weight is 322 g/mol. The van der Waals surface area contributed by atoms with Crippen LogP contribution in [0.15, 0.2) is 23.1 Å². The van der Waals surface area contributed by atoms with Gasteiger partial charge in [0.05, 0.1) is 15.6 Å². The molecule has 0 aromatic heterocycles. The number of carbonyl (C=O) groups is 1. The summed E-state index contributed by atoms with van der Waals surface area (Å²) in [4.78, 5) is 10.2. The van der Waals surface area contributed by atoms with Crippen molar-refractivity contribution in [1.29, 1.82) is 0 Å². The van der Waals surface area contributed by atoms with Gasteiger partial charge in [-0.25, -0.2) is 8.42 Å². The maximum atomic E-state index is 12.0. The van der Waals surface area contributed by atoms with Crippen LogP contribution in [0.2, 0.25) is 5.02 Å². The molecular formula is C8H4Cl2F3NO3S. The van der Waals surface area contributed by atoms with E-state index in [1.165, 1.54) is 5.32 Å². The first-order valence-electron chi connectivity index (χ1n) is 4.14. The smallest absolute Gasteiger partial charge is 0.317 e. The molecule has 0 aliphatic carbocycles. The van der Waals surface area contributed by atoms with Crippen LogP contribution in [0.1, 0.15) is 0 Å². The third-order valence-electron chi connectivity index (χ3n) is 1.73. The number of hydrogen-bond acceptors (Lipinski definition) is 3. The predicted octanol–water partition coefficient (Wildman–Crippen LogP) is 2.77. The summed E-state index contributed by atoms with van der Waals surface area (Å²) in [7, 11) is 0.871. The summed E-state index contributed by atoms with van der Waals surface area (Å²) < 4.78 is 57.9. The summed E-state index contributed by atoms with van der Waals surface area (Å²) in [5, 5.41) is 1.19. The quantitative estimate of drug-likeness (QED) is 0.852. The number of carbonyl (C=O) groups excluding carboxylic acids is 1. The minimum atomic E-state index is -5.11. The van der Waals surface area contributed by atoms with Gasteiger partial charge in [0.25, 0.3) is 9.05 Å². The van der Waals surface area contributed by atoms with Gasteiger partial charge in [-0.15, -0.1) is 0 Å². The van der Waals surface area contributed by atoms with E-state index in [0.29, 0.717) is 0 Å². The van der Waals surface area contributed by atoms with E-state index in [1.54, 1.807) is 0 Å². The number of alkyl halides is 3. The molecule has 1 aromatic carbocycles. The molecule has 1 N–H and O–H groups in total. The van der Waals surface area contributed by atoms with Crippen LogP contribution < -0.4 is 5.32 Å². The molecular weight excluding hydrogens is 318 g/mol. The van der Waals surface area contributed by atoms with E-state index in [4.69, 9.17) is 22.3 Å². The van der Waals surface area contributed by atoms with Gasteiger partial charge in [-0.05, 0) is 18.2 Å². The van der Waals surface area contributed by atoms with Gasteiger partial charge < -0.3 is 5.32 Å². The minimum Gasteiger partial charge on any atom is -0.317 e. The number of hydrogen-bond donors (Lipinski definition) is 1. The number of anilines is 1. The number of amides is 1. The third-order valence-corrected chi connectivity index (χ3v) is 3.41. The Balaban J connectivity index is 3.14. The first-order valence-corrected chi connectivity index (χ1v) is 6.83. The van der Waals surface area contributed by atoms with E-state index < -0.39 is 31.7 Å². The second kappa shape index (κ2) is 4.94. The van der Waals surface area contributed by atoms with Gasteiger partial charge in [0, 0.05) is 10.7 Å². The van der Waals surface area contributed by atoms with Crippen LogP contribution in [0.5, 0.6) is 0 Å². The molecule has 1 aromatic rings. The van der Waals surface area contributed by atoms with E-state index in [9.17, 15) is 26.4 Å². The number of halogens is 5. The SMILES string of the molecule is O=C(Nc1cc(S(=O)(=O)Cl)ccc1Cl)C(F)(F)F. The van der Waals surface area contributed by atoms with Gasteiger partial charge in [0.15, 0.2) is 0 Å². The first-order chi connectivity index (χ1) is 8.01. The molecule has 0 radical (unpaired) electrons. The highest BCUT2D eigenvalue weighted by Gasteiger charge is 2.39. The number of benzene rings is 1. The van der Waals surface area contributed by atoms with E-state index in [1.807, 2.05) is 0 Å². The Morgan fingerprint density at radius 2 is 1.83 bits per heavy atom. The van der Waals surface area contributed by atoms with E-state index >= 15 is 0 Å². The Hall–Kier alpha value is -0.990. The lowest BCUT2D eigenvalue weighted by atomic mass is 10.3. The summed E-state index contributed by atoms with van der Waals surface area (Å²) in [5.41, 5.74) is -0.499. The normalized spacial score (nSPS) is 12.3. The molecule has 0 atom stereocenters.